The summed E-state index contributed by atoms with van der Waals surface area (Å²) in [5, 5.41) is 15.0. The van der Waals surface area contributed by atoms with Gasteiger partial charge in [0.05, 0.1) is 11.5 Å². The summed E-state index contributed by atoms with van der Waals surface area (Å²) in [6.45, 7) is 13.3. The van der Waals surface area contributed by atoms with Gasteiger partial charge in [0.15, 0.2) is 0 Å². The number of ether oxygens (including phenoxy) is 2. The second kappa shape index (κ2) is 13.7. The number of esters is 1. The number of benzene rings is 4. The fourth-order valence-electron chi connectivity index (χ4n) is 5.11. The molecule has 0 radical (unpaired) electrons. The van der Waals surface area contributed by atoms with Gasteiger partial charge in [0.1, 0.15) is 17.5 Å². The van der Waals surface area contributed by atoms with E-state index in [1.54, 1.807) is 26.8 Å². The highest BCUT2D eigenvalue weighted by Crippen LogP contribution is 2.47. The number of fused-ring (bicyclic) bond motifs is 1. The van der Waals surface area contributed by atoms with Gasteiger partial charge in [0.25, 0.3) is 5.75 Å². The van der Waals surface area contributed by atoms with Crippen LogP contribution in [-0.2, 0) is 20.5 Å². The van der Waals surface area contributed by atoms with Gasteiger partial charge in [-0.15, -0.1) is 0 Å². The van der Waals surface area contributed by atoms with Crippen LogP contribution in [0.5, 0.6) is 17.2 Å². The Morgan fingerprint density at radius 2 is 1.60 bits per heavy atom. The topological polar surface area (TPSA) is 97.7 Å². The van der Waals surface area contributed by atoms with E-state index in [-0.39, 0.29) is 18.4 Å². The van der Waals surface area contributed by atoms with E-state index in [1.807, 2.05) is 74.5 Å². The third-order valence-corrected chi connectivity index (χ3v) is 9.12. The molecule has 4 aromatic rings. The number of hydrogen-bond donors (Lipinski definition) is 2. The van der Waals surface area contributed by atoms with Gasteiger partial charge in [-0.2, -0.15) is 5.09 Å². The molecule has 0 heterocycles. The lowest BCUT2D eigenvalue weighted by molar-refractivity contribution is -0.149. The Morgan fingerprint density at radius 3 is 2.28 bits per heavy atom. The molecule has 4 rings (SSSR count). The van der Waals surface area contributed by atoms with E-state index in [1.165, 1.54) is 5.56 Å². The van der Waals surface area contributed by atoms with Gasteiger partial charge < -0.3 is 19.1 Å². The van der Waals surface area contributed by atoms with Gasteiger partial charge >= 0.3 is 13.5 Å². The number of hydrogen-bond acceptors (Lipinski definition) is 5. The van der Waals surface area contributed by atoms with E-state index in [0.29, 0.717) is 23.7 Å². The second-order valence-electron chi connectivity index (χ2n) is 11.7. The van der Waals surface area contributed by atoms with Gasteiger partial charge in [-0.25, -0.2) is 4.57 Å². The van der Waals surface area contributed by atoms with Crippen molar-refractivity contribution in [1.29, 1.82) is 0 Å². The fraction of sp³-hybridized carbons (Fsp3) is 0.343. The maximum Gasteiger partial charge on any atom is 0.484 e. The lowest BCUT2D eigenvalue weighted by atomic mass is 9.93. The Kier molecular flexibility index (Phi) is 10.2. The lowest BCUT2D eigenvalue weighted by Gasteiger charge is -2.22. The maximum atomic E-state index is 14.4. The van der Waals surface area contributed by atoms with Crippen molar-refractivity contribution in [3.8, 4) is 17.2 Å². The first kappa shape index (κ1) is 32.1. The molecule has 0 aliphatic heterocycles. The van der Waals surface area contributed by atoms with Gasteiger partial charge in [-0.1, -0.05) is 56.3 Å². The van der Waals surface area contributed by atoms with Crippen LogP contribution < -0.4 is 9.82 Å². The zero-order valence-electron chi connectivity index (χ0n) is 26.0. The van der Waals surface area contributed by atoms with E-state index < -0.39 is 19.5 Å². The molecule has 0 bridgehead atoms. The van der Waals surface area contributed by atoms with Crippen LogP contribution in [0.25, 0.3) is 10.8 Å². The van der Waals surface area contributed by atoms with Crippen LogP contribution >= 0.6 is 7.52 Å². The Balaban J connectivity index is 1.58. The third kappa shape index (κ3) is 8.19. The molecule has 0 aromatic heterocycles. The van der Waals surface area contributed by atoms with Crippen LogP contribution in [0.1, 0.15) is 68.4 Å². The van der Waals surface area contributed by atoms with Crippen LogP contribution in [0.2, 0.25) is 0 Å². The number of rotatable bonds is 12. The molecule has 0 amide bonds. The Bertz CT molecular complexity index is 1620. The van der Waals surface area contributed by atoms with E-state index in [2.05, 4.69) is 29.5 Å². The Morgan fingerprint density at radius 1 is 0.930 bits per heavy atom. The molecular formula is C35H43NO6P+. The molecule has 2 atom stereocenters. The summed E-state index contributed by atoms with van der Waals surface area (Å²) in [5.74, 6) is 1.15. The van der Waals surface area contributed by atoms with Gasteiger partial charge in [0.2, 0.25) is 6.35 Å². The van der Waals surface area contributed by atoms with Crippen molar-refractivity contribution in [3.05, 3.63) is 101 Å². The summed E-state index contributed by atoms with van der Waals surface area (Å²) >= 11 is 0. The van der Waals surface area contributed by atoms with Crippen LogP contribution in [-0.4, -0.2) is 34.1 Å². The highest BCUT2D eigenvalue weighted by atomic mass is 31.2. The number of aryl methyl sites for hydroxylation is 2. The first-order chi connectivity index (χ1) is 20.3. The minimum atomic E-state index is -3.65. The Labute approximate surface area is 254 Å². The smallest absolute Gasteiger partial charge is 0.484 e. The average molecular weight is 605 g/mol. The lowest BCUT2D eigenvalue weighted by Crippen LogP contribution is -2.36. The molecule has 228 valence electrons. The molecule has 0 aliphatic rings. The minimum absolute atomic E-state index is 0.219. The van der Waals surface area contributed by atoms with Crippen molar-refractivity contribution in [2.24, 2.45) is 0 Å². The molecule has 0 aliphatic carbocycles. The van der Waals surface area contributed by atoms with Crippen LogP contribution in [0.3, 0.4) is 0 Å². The van der Waals surface area contributed by atoms with Crippen LogP contribution in [0.4, 0.5) is 0 Å². The molecule has 3 N–H and O–H groups in total. The summed E-state index contributed by atoms with van der Waals surface area (Å²) in [5.41, 5.74) is 5.29. The first-order valence-electron chi connectivity index (χ1n) is 14.7. The average Bonchev–Trinajstić information content (AvgIpc) is 2.94. The highest BCUT2D eigenvalue weighted by molar-refractivity contribution is 7.56. The molecule has 43 heavy (non-hydrogen) atoms. The molecule has 4 aromatic carbocycles. The monoisotopic (exact) mass is 604 g/mol. The molecular weight excluding hydrogens is 561 g/mol. The highest BCUT2D eigenvalue weighted by Gasteiger charge is 2.37. The summed E-state index contributed by atoms with van der Waals surface area (Å²) in [7, 11) is -3.65. The zero-order chi connectivity index (χ0) is 31.3. The fourth-order valence-corrected chi connectivity index (χ4v) is 6.86. The van der Waals surface area contributed by atoms with Crippen LogP contribution in [0.15, 0.2) is 72.8 Å². The second-order valence-corrected chi connectivity index (χ2v) is 13.8. The number of phenolic OH excluding ortho intramolecular Hbond substituents is 1. The van der Waals surface area contributed by atoms with Crippen molar-refractivity contribution in [3.63, 3.8) is 0 Å². The summed E-state index contributed by atoms with van der Waals surface area (Å²) in [6.07, 6.45) is 0.165. The zero-order valence-corrected chi connectivity index (χ0v) is 26.9. The van der Waals surface area contributed by atoms with E-state index in [0.717, 1.165) is 33.0 Å². The molecule has 0 saturated heterocycles. The van der Waals surface area contributed by atoms with Gasteiger partial charge in [0, 0.05) is 6.07 Å². The number of nitrogens with one attached hydrogen (secondary N) is 1. The van der Waals surface area contributed by atoms with Crippen molar-refractivity contribution in [1.82, 2.24) is 5.09 Å². The van der Waals surface area contributed by atoms with Crippen LogP contribution in [0, 0.1) is 13.8 Å². The van der Waals surface area contributed by atoms with E-state index >= 15 is 0 Å². The summed E-state index contributed by atoms with van der Waals surface area (Å²) < 4.78 is 30.5. The largest absolute Gasteiger partial charge is 0.541 e. The number of carbonyl (C=O) groups excluding carboxylic acids is 1. The summed E-state index contributed by atoms with van der Waals surface area (Å²) in [6, 6.07) is 22.2. The maximum absolute atomic E-state index is 14.4. The van der Waals surface area contributed by atoms with Crippen molar-refractivity contribution in [2.75, 3.05) is 6.35 Å². The first-order valence-corrected chi connectivity index (χ1v) is 16.5. The summed E-state index contributed by atoms with van der Waals surface area (Å²) in [4.78, 5) is 12.6. The standard InChI is InChI=1S/C35H42NO6P/c1-22(2)31-19-27(15-16-33(31)37)20-32-24(5)17-29(18-25(32)6)40-21-43(39,36-26(7)35(38)41-23(3)4)42-34-14-10-12-28-11-8-9-13-30(28)34/h8-19,22-23,26,37H,20-21H2,1-7H3,(H,36,39)/p+1/t26-,43?/m0/s1. The predicted molar refractivity (Wildman–Crippen MR) is 173 cm³/mol. The molecule has 8 heteroatoms. The molecule has 0 saturated carbocycles. The normalized spacial score (nSPS) is 13.6. The Hall–Kier alpha value is -3.80. The predicted octanol–water partition coefficient (Wildman–Crippen LogP) is 8.28. The third-order valence-electron chi connectivity index (χ3n) is 7.31. The number of aromatic hydroxyl groups is 2. The number of phenols is 1. The van der Waals surface area contributed by atoms with Gasteiger partial charge in [-0.3, -0.25) is 4.79 Å². The number of carbonyl (C=O) groups is 1. The van der Waals surface area contributed by atoms with Crippen molar-refractivity contribution >= 4 is 24.3 Å². The minimum Gasteiger partial charge on any atom is -0.541 e. The van der Waals surface area contributed by atoms with Crippen molar-refractivity contribution < 1.29 is 28.5 Å². The van der Waals surface area contributed by atoms with Crippen molar-refractivity contribution in [2.45, 2.75) is 73.0 Å². The molecule has 7 nitrogen and oxygen atoms in total. The van der Waals surface area contributed by atoms with Gasteiger partial charge in [-0.05, 0) is 104 Å². The van der Waals surface area contributed by atoms with E-state index in [9.17, 15) is 14.5 Å². The SMILES string of the molecule is Cc1cc(OCP(=O)(N[C@@H](C)C(=O)OC(C)C)[OH+]c2cccc3ccccc23)cc(C)c1Cc1ccc(O)c(C(C)C)c1. The van der Waals surface area contributed by atoms with E-state index in [4.69, 9.17) is 9.47 Å². The molecule has 0 spiro atoms. The molecule has 0 fully saturated rings. The molecule has 1 unspecified atom stereocenters. The quantitative estimate of drug-likeness (QED) is 0.0960.